The molecule has 0 heterocycles. The zero-order valence-electron chi connectivity index (χ0n) is 11.3. The average Bonchev–Trinajstić information content (AvgIpc) is 2.40. The summed E-state index contributed by atoms with van der Waals surface area (Å²) in [6.07, 6.45) is 0.444. The topological polar surface area (TPSA) is 144 Å². The predicted molar refractivity (Wildman–Crippen MR) is 73.4 cm³/mol. The fraction of sp³-hybridized carbons (Fsp3) is 0.333. The molecule has 0 radical (unpaired) electrons. The van der Waals surface area contributed by atoms with Gasteiger partial charge < -0.3 is 15.9 Å². The van der Waals surface area contributed by atoms with Crippen molar-refractivity contribution in [3.63, 3.8) is 0 Å². The first kappa shape index (κ1) is 19.7. The van der Waals surface area contributed by atoms with Crippen molar-refractivity contribution in [2.24, 2.45) is 0 Å². The Bertz CT molecular complexity index is 433. The number of anilines is 1. The molecule has 1 rings (SSSR count). The van der Waals surface area contributed by atoms with Crippen LogP contribution in [0.2, 0.25) is 0 Å². The van der Waals surface area contributed by atoms with Gasteiger partial charge in [-0.3, -0.25) is 19.7 Å². The van der Waals surface area contributed by atoms with Crippen molar-refractivity contribution in [1.29, 1.82) is 0 Å². The molecular weight excluding hydrogens is 268 g/mol. The molecule has 0 saturated carbocycles. The lowest BCUT2D eigenvalue weighted by Gasteiger charge is -1.92. The molecule has 8 nitrogen and oxygen atoms in total. The van der Waals surface area contributed by atoms with Crippen molar-refractivity contribution >= 4 is 23.3 Å². The molecule has 112 valence electrons. The highest BCUT2D eigenvalue weighted by Crippen LogP contribution is 2.18. The number of hydrogen-bond acceptors (Lipinski definition) is 5. The Kier molecular flexibility index (Phi) is 11.3. The fourth-order valence-corrected chi connectivity index (χ4v) is 0.654. The average molecular weight is 286 g/mol. The summed E-state index contributed by atoms with van der Waals surface area (Å²) in [6, 6.07) is 6.10. The largest absolute Gasteiger partial charge is 0.481 e. The van der Waals surface area contributed by atoms with E-state index in [0.29, 0.717) is 0 Å². The standard InChI is InChI=1S/C6H6N2O2.2C3H6O2/c7-5-3-1-2-4-6(5)8(9)10;2*1-2-3(4)5/h1-4H,7H2;2*2H2,1H3,(H,4,5). The number of nitrogens with two attached hydrogens (primary N) is 1. The second-order valence-corrected chi connectivity index (χ2v) is 3.31. The van der Waals surface area contributed by atoms with Crippen LogP contribution in [-0.2, 0) is 9.59 Å². The second kappa shape index (κ2) is 11.5. The molecule has 0 spiro atoms. The first-order valence-corrected chi connectivity index (χ1v) is 5.68. The second-order valence-electron chi connectivity index (χ2n) is 3.31. The van der Waals surface area contributed by atoms with Crippen LogP contribution in [0.4, 0.5) is 11.4 Å². The van der Waals surface area contributed by atoms with Crippen molar-refractivity contribution in [2.75, 3.05) is 5.73 Å². The van der Waals surface area contributed by atoms with E-state index < -0.39 is 16.9 Å². The normalized spacial score (nSPS) is 8.30. The number of rotatable bonds is 3. The Hall–Kier alpha value is -2.64. The lowest BCUT2D eigenvalue weighted by molar-refractivity contribution is -0.383. The summed E-state index contributed by atoms with van der Waals surface area (Å²) >= 11 is 0. The van der Waals surface area contributed by atoms with Gasteiger partial charge in [-0.2, -0.15) is 0 Å². The number of aliphatic carboxylic acids is 2. The van der Waals surface area contributed by atoms with Crippen molar-refractivity contribution in [3.05, 3.63) is 34.4 Å². The van der Waals surface area contributed by atoms with Crippen LogP contribution in [0.15, 0.2) is 24.3 Å². The molecule has 8 heteroatoms. The minimum absolute atomic E-state index is 0.0394. The Labute approximate surface area is 116 Å². The van der Waals surface area contributed by atoms with Gasteiger partial charge in [0.2, 0.25) is 0 Å². The van der Waals surface area contributed by atoms with E-state index in [0.717, 1.165) is 0 Å². The zero-order chi connectivity index (χ0) is 16.1. The van der Waals surface area contributed by atoms with Gasteiger partial charge in [0, 0.05) is 18.9 Å². The van der Waals surface area contributed by atoms with E-state index in [1.165, 1.54) is 12.1 Å². The van der Waals surface area contributed by atoms with E-state index in [1.54, 1.807) is 26.0 Å². The van der Waals surface area contributed by atoms with Gasteiger partial charge in [-0.25, -0.2) is 0 Å². The maximum absolute atomic E-state index is 10.1. The van der Waals surface area contributed by atoms with Gasteiger partial charge in [0.05, 0.1) is 4.92 Å². The van der Waals surface area contributed by atoms with E-state index in [2.05, 4.69) is 0 Å². The molecule has 0 fully saturated rings. The highest BCUT2D eigenvalue weighted by Gasteiger charge is 2.07. The van der Waals surface area contributed by atoms with Gasteiger partial charge in [0.1, 0.15) is 5.69 Å². The Morgan fingerprint density at radius 1 is 1.15 bits per heavy atom. The number of carboxylic acids is 2. The van der Waals surface area contributed by atoms with E-state index in [1.807, 2.05) is 0 Å². The van der Waals surface area contributed by atoms with E-state index in [9.17, 15) is 19.7 Å². The minimum Gasteiger partial charge on any atom is -0.481 e. The van der Waals surface area contributed by atoms with Gasteiger partial charge in [-0.1, -0.05) is 26.0 Å². The Morgan fingerprint density at radius 3 is 1.70 bits per heavy atom. The summed E-state index contributed by atoms with van der Waals surface area (Å²) in [6.45, 7) is 3.20. The summed E-state index contributed by atoms with van der Waals surface area (Å²) in [5.41, 5.74) is 5.44. The zero-order valence-corrected chi connectivity index (χ0v) is 11.3. The Morgan fingerprint density at radius 2 is 1.50 bits per heavy atom. The molecule has 0 bridgehead atoms. The third kappa shape index (κ3) is 11.8. The summed E-state index contributed by atoms with van der Waals surface area (Å²) < 4.78 is 0. The maximum atomic E-state index is 10.1. The van der Waals surface area contributed by atoms with Gasteiger partial charge in [0.15, 0.2) is 0 Å². The number of nitro benzene ring substituents is 1. The monoisotopic (exact) mass is 286 g/mol. The highest BCUT2D eigenvalue weighted by molar-refractivity contribution is 5.66. The van der Waals surface area contributed by atoms with Crippen LogP contribution < -0.4 is 5.73 Å². The number of hydrogen-bond donors (Lipinski definition) is 3. The summed E-state index contributed by atoms with van der Waals surface area (Å²) in [7, 11) is 0. The fourth-order valence-electron chi connectivity index (χ4n) is 0.654. The number of nitro groups is 1. The van der Waals surface area contributed by atoms with Crippen molar-refractivity contribution in [1.82, 2.24) is 0 Å². The van der Waals surface area contributed by atoms with E-state index >= 15 is 0 Å². The van der Waals surface area contributed by atoms with Gasteiger partial charge in [-0.15, -0.1) is 0 Å². The maximum Gasteiger partial charge on any atom is 0.303 e. The molecule has 0 aliphatic rings. The first-order valence-electron chi connectivity index (χ1n) is 5.68. The van der Waals surface area contributed by atoms with Gasteiger partial charge in [-0.05, 0) is 6.07 Å². The number of benzene rings is 1. The van der Waals surface area contributed by atoms with Gasteiger partial charge >= 0.3 is 11.9 Å². The number of nitrogens with zero attached hydrogens (tertiary/aromatic N) is 1. The first-order chi connectivity index (χ1) is 9.26. The summed E-state index contributed by atoms with van der Waals surface area (Å²) in [4.78, 5) is 28.4. The van der Waals surface area contributed by atoms with E-state index in [-0.39, 0.29) is 24.2 Å². The van der Waals surface area contributed by atoms with Gasteiger partial charge in [0.25, 0.3) is 5.69 Å². The molecule has 0 aliphatic carbocycles. The highest BCUT2D eigenvalue weighted by atomic mass is 16.6. The van der Waals surface area contributed by atoms with Crippen LogP contribution in [0.3, 0.4) is 0 Å². The smallest absolute Gasteiger partial charge is 0.303 e. The molecule has 1 aromatic carbocycles. The van der Waals surface area contributed by atoms with Crippen LogP contribution >= 0.6 is 0 Å². The van der Waals surface area contributed by atoms with Crippen molar-refractivity contribution in [3.8, 4) is 0 Å². The molecule has 0 atom stereocenters. The number of carbonyl (C=O) groups is 2. The SMILES string of the molecule is CCC(=O)O.CCC(=O)O.Nc1ccccc1[N+](=O)[O-]. The van der Waals surface area contributed by atoms with Crippen molar-refractivity contribution < 1.29 is 24.7 Å². The molecule has 0 amide bonds. The molecule has 0 aromatic heterocycles. The number of nitrogen functional groups attached to an aromatic ring is 1. The van der Waals surface area contributed by atoms with Crippen LogP contribution in [0.25, 0.3) is 0 Å². The third-order valence-electron chi connectivity index (χ3n) is 1.74. The third-order valence-corrected chi connectivity index (χ3v) is 1.74. The molecule has 0 aliphatic heterocycles. The number of para-hydroxylation sites is 2. The van der Waals surface area contributed by atoms with Crippen LogP contribution in [0, 0.1) is 10.1 Å². The molecule has 0 unspecified atom stereocenters. The van der Waals surface area contributed by atoms with Crippen molar-refractivity contribution in [2.45, 2.75) is 26.7 Å². The molecular formula is C12H18N2O6. The summed E-state index contributed by atoms with van der Waals surface area (Å²) in [5, 5.41) is 25.6. The molecule has 1 aromatic rings. The Balaban J connectivity index is 0. The quantitative estimate of drug-likeness (QED) is 0.438. The molecule has 20 heavy (non-hydrogen) atoms. The lowest BCUT2D eigenvalue weighted by Crippen LogP contribution is -1.93. The number of carboxylic acid groups (broad SMARTS) is 2. The predicted octanol–water partition coefficient (Wildman–Crippen LogP) is 2.14. The van der Waals surface area contributed by atoms with E-state index in [4.69, 9.17) is 15.9 Å². The van der Waals surface area contributed by atoms with Crippen LogP contribution in [-0.4, -0.2) is 27.1 Å². The summed E-state index contributed by atoms with van der Waals surface area (Å²) in [5.74, 6) is -1.49. The lowest BCUT2D eigenvalue weighted by atomic mass is 10.3. The minimum atomic E-state index is -0.745. The van der Waals surface area contributed by atoms with Crippen LogP contribution in [0.5, 0.6) is 0 Å². The molecule has 0 saturated heterocycles. The molecule has 4 N–H and O–H groups in total. The van der Waals surface area contributed by atoms with Crippen LogP contribution in [0.1, 0.15) is 26.7 Å².